The predicted octanol–water partition coefficient (Wildman–Crippen LogP) is 1.74. The van der Waals surface area contributed by atoms with Gasteiger partial charge in [0.05, 0.1) is 12.6 Å². The molecule has 1 saturated carbocycles. The second kappa shape index (κ2) is 7.40. The summed E-state index contributed by atoms with van der Waals surface area (Å²) in [6, 6.07) is 2.91. The van der Waals surface area contributed by atoms with Gasteiger partial charge in [-0.2, -0.15) is 0 Å². The molecule has 2 aromatic rings. The highest BCUT2D eigenvalue weighted by Gasteiger charge is 2.50. The summed E-state index contributed by atoms with van der Waals surface area (Å²) in [7, 11) is 0. The molecule has 2 amide bonds. The van der Waals surface area contributed by atoms with Crippen molar-refractivity contribution >= 4 is 11.8 Å². The fourth-order valence-electron chi connectivity index (χ4n) is 4.99. The van der Waals surface area contributed by atoms with Crippen LogP contribution in [0.2, 0.25) is 0 Å². The number of fused-ring (bicyclic) bond motifs is 5. The second-order valence-electron chi connectivity index (χ2n) is 8.58. The Bertz CT molecular complexity index is 1200. The standard InChI is InChI=1S/C22H21F2N3O5/c1-10-4-13-6-16(10)27-17(32-13)9-26-8-14(19(28)20(29)18(26)22(27)31)21(30)25-7-11-2-3-12(23)5-15(11)24/h2-3,5,8,10,13,16-17,29H,4,6-7,9H2,1H3,(H,25,30)/t10-,13-,16+,17?/m1/s1. The van der Waals surface area contributed by atoms with E-state index in [0.717, 1.165) is 18.9 Å². The normalized spacial score (nSPS) is 26.0. The fourth-order valence-corrected chi connectivity index (χ4v) is 4.99. The van der Waals surface area contributed by atoms with Crippen LogP contribution in [0.15, 0.2) is 29.2 Å². The molecule has 0 radical (unpaired) electrons. The Morgan fingerprint density at radius 2 is 2.06 bits per heavy atom. The van der Waals surface area contributed by atoms with Crippen molar-refractivity contribution in [2.75, 3.05) is 0 Å². The molecule has 1 aliphatic carbocycles. The van der Waals surface area contributed by atoms with Gasteiger partial charge in [0.25, 0.3) is 11.8 Å². The molecule has 0 spiro atoms. The van der Waals surface area contributed by atoms with Gasteiger partial charge >= 0.3 is 0 Å². The number of halogens is 2. The van der Waals surface area contributed by atoms with Crippen LogP contribution in [0.1, 0.15) is 46.2 Å². The highest BCUT2D eigenvalue weighted by Crippen LogP contribution is 2.41. The molecule has 5 rings (SSSR count). The number of nitrogens with one attached hydrogen (secondary N) is 1. The average molecular weight is 445 g/mol. The molecule has 3 heterocycles. The van der Waals surface area contributed by atoms with E-state index in [4.69, 9.17) is 4.74 Å². The summed E-state index contributed by atoms with van der Waals surface area (Å²) in [6.45, 7) is 1.93. The molecule has 32 heavy (non-hydrogen) atoms. The zero-order valence-electron chi connectivity index (χ0n) is 17.2. The van der Waals surface area contributed by atoms with Gasteiger partial charge in [-0.25, -0.2) is 8.78 Å². The molecule has 8 nitrogen and oxygen atoms in total. The Labute approximate surface area is 181 Å². The van der Waals surface area contributed by atoms with E-state index in [-0.39, 0.29) is 48.0 Å². The Morgan fingerprint density at radius 3 is 2.81 bits per heavy atom. The number of aromatic nitrogens is 1. The molecule has 10 heteroatoms. The van der Waals surface area contributed by atoms with Crippen molar-refractivity contribution in [2.45, 2.75) is 51.2 Å². The Hall–Kier alpha value is -3.27. The van der Waals surface area contributed by atoms with Crippen LogP contribution < -0.4 is 10.7 Å². The fraction of sp³-hybridized carbons (Fsp3) is 0.409. The van der Waals surface area contributed by atoms with Crippen molar-refractivity contribution in [2.24, 2.45) is 5.92 Å². The molecular formula is C22H21F2N3O5. The van der Waals surface area contributed by atoms with E-state index in [2.05, 4.69) is 5.32 Å². The summed E-state index contributed by atoms with van der Waals surface area (Å²) in [5.74, 6) is -3.50. The number of pyridine rings is 1. The van der Waals surface area contributed by atoms with Crippen molar-refractivity contribution in [3.05, 3.63) is 63.1 Å². The number of nitrogens with zero attached hydrogens (tertiary/aromatic N) is 2. The molecule has 1 unspecified atom stereocenters. The maximum Gasteiger partial charge on any atom is 0.276 e. The SMILES string of the molecule is C[C@@H]1C[C@@H]2C[C@@H]1N1C(=O)c3c(O)c(=O)c(C(=O)NCc4ccc(F)cc4F)cn3CC1O2. The molecule has 1 aromatic heterocycles. The maximum atomic E-state index is 13.8. The lowest BCUT2D eigenvalue weighted by Crippen LogP contribution is -2.58. The quantitative estimate of drug-likeness (QED) is 0.750. The summed E-state index contributed by atoms with van der Waals surface area (Å²) in [5.41, 5.74) is -1.51. The molecule has 2 bridgehead atoms. The molecular weight excluding hydrogens is 424 g/mol. The van der Waals surface area contributed by atoms with Crippen molar-refractivity contribution in [3.8, 4) is 5.75 Å². The van der Waals surface area contributed by atoms with Gasteiger partial charge in [-0.15, -0.1) is 0 Å². The summed E-state index contributed by atoms with van der Waals surface area (Å²) in [6.07, 6.45) is 2.26. The van der Waals surface area contributed by atoms with Crippen LogP contribution in [-0.2, 0) is 17.8 Å². The third-order valence-electron chi connectivity index (χ3n) is 6.56. The largest absolute Gasteiger partial charge is 0.503 e. The molecule has 3 aliphatic rings. The van der Waals surface area contributed by atoms with Gasteiger partial charge in [-0.05, 0) is 24.8 Å². The Balaban J connectivity index is 1.44. The highest BCUT2D eigenvalue weighted by atomic mass is 19.1. The molecule has 1 aromatic carbocycles. The van der Waals surface area contributed by atoms with Crippen molar-refractivity contribution in [1.29, 1.82) is 0 Å². The molecule has 1 saturated heterocycles. The van der Waals surface area contributed by atoms with Crippen molar-refractivity contribution in [3.63, 3.8) is 0 Å². The summed E-state index contributed by atoms with van der Waals surface area (Å²) < 4.78 is 34.3. The smallest absolute Gasteiger partial charge is 0.276 e. The number of benzene rings is 1. The lowest BCUT2D eigenvalue weighted by molar-refractivity contribution is -0.133. The zero-order valence-corrected chi connectivity index (χ0v) is 17.2. The first-order chi connectivity index (χ1) is 15.2. The minimum Gasteiger partial charge on any atom is -0.503 e. The van der Waals surface area contributed by atoms with Crippen LogP contribution in [0.4, 0.5) is 8.78 Å². The molecule has 4 atom stereocenters. The van der Waals surface area contributed by atoms with E-state index in [0.29, 0.717) is 6.07 Å². The first kappa shape index (κ1) is 20.6. The van der Waals surface area contributed by atoms with E-state index in [1.54, 1.807) is 4.90 Å². The topological polar surface area (TPSA) is 101 Å². The van der Waals surface area contributed by atoms with Crippen LogP contribution in [0.5, 0.6) is 5.75 Å². The first-order valence-corrected chi connectivity index (χ1v) is 10.4. The number of carbonyl (C=O) groups is 2. The van der Waals surface area contributed by atoms with Crippen LogP contribution in [0.25, 0.3) is 0 Å². The van der Waals surface area contributed by atoms with Crippen LogP contribution in [0, 0.1) is 17.6 Å². The number of hydrogen-bond donors (Lipinski definition) is 2. The summed E-state index contributed by atoms with van der Waals surface area (Å²) >= 11 is 0. The van der Waals surface area contributed by atoms with E-state index >= 15 is 0 Å². The minimum absolute atomic E-state index is 0.0249. The Kier molecular flexibility index (Phi) is 4.77. The molecule has 2 fully saturated rings. The second-order valence-corrected chi connectivity index (χ2v) is 8.58. The third kappa shape index (κ3) is 3.17. The number of amides is 2. The summed E-state index contributed by atoms with van der Waals surface area (Å²) in [4.78, 5) is 40.1. The monoisotopic (exact) mass is 445 g/mol. The first-order valence-electron chi connectivity index (χ1n) is 10.4. The van der Waals surface area contributed by atoms with Crippen LogP contribution >= 0.6 is 0 Å². The Morgan fingerprint density at radius 1 is 1.28 bits per heavy atom. The molecule has 2 N–H and O–H groups in total. The van der Waals surface area contributed by atoms with Gasteiger partial charge in [-0.3, -0.25) is 14.4 Å². The van der Waals surface area contributed by atoms with Crippen LogP contribution in [-0.4, -0.2) is 44.8 Å². The number of aromatic hydroxyl groups is 1. The van der Waals surface area contributed by atoms with Gasteiger partial charge in [0.1, 0.15) is 17.2 Å². The van der Waals surface area contributed by atoms with Gasteiger partial charge in [0, 0.05) is 30.4 Å². The van der Waals surface area contributed by atoms with Crippen LogP contribution in [0.3, 0.4) is 0 Å². The predicted molar refractivity (Wildman–Crippen MR) is 107 cm³/mol. The van der Waals surface area contributed by atoms with E-state index in [1.807, 2.05) is 6.92 Å². The zero-order chi connectivity index (χ0) is 22.7. The number of ether oxygens (including phenoxy) is 1. The van der Waals surface area contributed by atoms with E-state index in [1.165, 1.54) is 16.8 Å². The van der Waals surface area contributed by atoms with Gasteiger partial charge in [0.15, 0.2) is 17.7 Å². The average Bonchev–Trinajstić information content (AvgIpc) is 3.03. The maximum absolute atomic E-state index is 13.8. The van der Waals surface area contributed by atoms with E-state index < -0.39 is 40.9 Å². The highest BCUT2D eigenvalue weighted by molar-refractivity contribution is 5.99. The van der Waals surface area contributed by atoms with Gasteiger partial charge in [0.2, 0.25) is 5.43 Å². The third-order valence-corrected chi connectivity index (χ3v) is 6.56. The van der Waals surface area contributed by atoms with Gasteiger partial charge < -0.3 is 24.6 Å². The summed E-state index contributed by atoms with van der Waals surface area (Å²) in [5, 5.41) is 12.9. The molecule has 168 valence electrons. The number of rotatable bonds is 3. The number of carbonyl (C=O) groups excluding carboxylic acids is 2. The molecule has 2 aliphatic heterocycles. The van der Waals surface area contributed by atoms with Crippen molar-refractivity contribution < 1.29 is 28.2 Å². The van der Waals surface area contributed by atoms with Crippen molar-refractivity contribution in [1.82, 2.24) is 14.8 Å². The minimum atomic E-state index is -0.990. The lowest BCUT2D eigenvalue weighted by Gasteiger charge is -2.45. The van der Waals surface area contributed by atoms with E-state index in [9.17, 15) is 28.3 Å². The lowest BCUT2D eigenvalue weighted by atomic mass is 10.0. The van der Waals surface area contributed by atoms with Gasteiger partial charge in [-0.1, -0.05) is 13.0 Å². The number of hydrogen-bond acceptors (Lipinski definition) is 5.